The number of carbonyl (C=O) groups excluding carboxylic acids is 2. The summed E-state index contributed by atoms with van der Waals surface area (Å²) in [6, 6.07) is -0.157. The molecule has 2 fully saturated rings. The Morgan fingerprint density at radius 1 is 1.50 bits per heavy atom. The van der Waals surface area contributed by atoms with Crippen LogP contribution in [0.3, 0.4) is 0 Å². The second-order valence-electron chi connectivity index (χ2n) is 3.65. The second kappa shape index (κ2) is 2.29. The van der Waals surface area contributed by atoms with Crippen molar-refractivity contribution in [1.82, 2.24) is 10.6 Å². The number of rotatable bonds is 0. The van der Waals surface area contributed by atoms with E-state index in [0.717, 1.165) is 6.42 Å². The molecule has 1 spiro atoms. The quantitative estimate of drug-likeness (QED) is 0.514. The SMILES string of the molecule is CC1NC2(CCC(=O)C2)NC1=O. The van der Waals surface area contributed by atoms with Gasteiger partial charge in [0.15, 0.2) is 0 Å². The molecule has 1 saturated carbocycles. The zero-order chi connectivity index (χ0) is 8.77. The average molecular weight is 168 g/mol. The average Bonchev–Trinajstić information content (AvgIpc) is 2.42. The van der Waals surface area contributed by atoms with Gasteiger partial charge in [-0.3, -0.25) is 14.9 Å². The van der Waals surface area contributed by atoms with E-state index in [1.54, 1.807) is 0 Å². The number of Topliss-reactive ketones (excluding diaryl/α,β-unsaturated/α-hetero) is 1. The van der Waals surface area contributed by atoms with Crippen LogP contribution in [0.1, 0.15) is 26.2 Å². The van der Waals surface area contributed by atoms with Crippen LogP contribution in [0.4, 0.5) is 0 Å². The lowest BCUT2D eigenvalue weighted by Crippen LogP contribution is -2.47. The van der Waals surface area contributed by atoms with E-state index in [4.69, 9.17) is 0 Å². The number of amides is 1. The molecule has 2 N–H and O–H groups in total. The third kappa shape index (κ3) is 1.03. The van der Waals surface area contributed by atoms with Gasteiger partial charge in [-0.1, -0.05) is 0 Å². The molecule has 1 aliphatic heterocycles. The fraction of sp³-hybridized carbons (Fsp3) is 0.750. The first kappa shape index (κ1) is 7.73. The largest absolute Gasteiger partial charge is 0.336 e. The van der Waals surface area contributed by atoms with E-state index in [9.17, 15) is 9.59 Å². The fourth-order valence-electron chi connectivity index (χ4n) is 1.96. The Kier molecular flexibility index (Phi) is 1.48. The first-order valence-electron chi connectivity index (χ1n) is 4.23. The van der Waals surface area contributed by atoms with Gasteiger partial charge < -0.3 is 5.32 Å². The molecule has 4 nitrogen and oxygen atoms in total. The highest BCUT2D eigenvalue weighted by molar-refractivity contribution is 5.89. The lowest BCUT2D eigenvalue weighted by atomic mass is 10.1. The van der Waals surface area contributed by atoms with Gasteiger partial charge in [0, 0.05) is 12.8 Å². The summed E-state index contributed by atoms with van der Waals surface area (Å²) in [5.41, 5.74) is -0.395. The Balaban J connectivity index is 2.15. The van der Waals surface area contributed by atoms with Gasteiger partial charge in [0.2, 0.25) is 5.91 Å². The van der Waals surface area contributed by atoms with Crippen LogP contribution in [-0.4, -0.2) is 23.4 Å². The number of hydrogen-bond donors (Lipinski definition) is 2. The maximum Gasteiger partial charge on any atom is 0.238 e. The third-order valence-corrected chi connectivity index (χ3v) is 2.58. The molecule has 4 heteroatoms. The molecule has 2 aliphatic rings. The Labute approximate surface area is 70.7 Å². The molecule has 1 amide bonds. The van der Waals surface area contributed by atoms with Crippen molar-refractivity contribution in [3.8, 4) is 0 Å². The standard InChI is InChI=1S/C8H12N2O2/c1-5-7(12)10-8(9-5)3-2-6(11)4-8/h5,9H,2-4H2,1H3,(H,10,12). The van der Waals surface area contributed by atoms with Gasteiger partial charge in [-0.05, 0) is 13.3 Å². The first-order chi connectivity index (χ1) is 5.61. The van der Waals surface area contributed by atoms with Gasteiger partial charge in [-0.15, -0.1) is 0 Å². The topological polar surface area (TPSA) is 58.2 Å². The molecular weight excluding hydrogens is 156 g/mol. The molecule has 66 valence electrons. The summed E-state index contributed by atoms with van der Waals surface area (Å²) >= 11 is 0. The normalized spacial score (nSPS) is 40.9. The number of ketones is 1. The van der Waals surface area contributed by atoms with Gasteiger partial charge in [-0.25, -0.2) is 0 Å². The summed E-state index contributed by atoms with van der Waals surface area (Å²) < 4.78 is 0. The van der Waals surface area contributed by atoms with E-state index in [-0.39, 0.29) is 17.7 Å². The zero-order valence-corrected chi connectivity index (χ0v) is 7.02. The van der Waals surface area contributed by atoms with Crippen LogP contribution in [0.2, 0.25) is 0 Å². The van der Waals surface area contributed by atoms with Crippen molar-refractivity contribution in [2.75, 3.05) is 0 Å². The summed E-state index contributed by atoms with van der Waals surface area (Å²) in [5, 5.41) is 5.97. The van der Waals surface area contributed by atoms with Crippen LogP contribution >= 0.6 is 0 Å². The third-order valence-electron chi connectivity index (χ3n) is 2.58. The molecular formula is C8H12N2O2. The Bertz CT molecular complexity index is 251. The molecule has 1 saturated heterocycles. The van der Waals surface area contributed by atoms with Crippen LogP contribution in [0.5, 0.6) is 0 Å². The first-order valence-corrected chi connectivity index (χ1v) is 4.23. The van der Waals surface area contributed by atoms with Gasteiger partial charge in [0.25, 0.3) is 0 Å². The molecule has 2 unspecified atom stereocenters. The molecule has 1 heterocycles. The van der Waals surface area contributed by atoms with Gasteiger partial charge >= 0.3 is 0 Å². The fourth-order valence-corrected chi connectivity index (χ4v) is 1.96. The lowest BCUT2D eigenvalue weighted by Gasteiger charge is -2.22. The van der Waals surface area contributed by atoms with Gasteiger partial charge in [0.05, 0.1) is 11.7 Å². The van der Waals surface area contributed by atoms with Crippen LogP contribution in [-0.2, 0) is 9.59 Å². The van der Waals surface area contributed by atoms with E-state index >= 15 is 0 Å². The van der Waals surface area contributed by atoms with Crippen molar-refractivity contribution in [3.63, 3.8) is 0 Å². The summed E-state index contributed by atoms with van der Waals surface area (Å²) in [6.45, 7) is 1.81. The highest BCUT2D eigenvalue weighted by Crippen LogP contribution is 2.27. The van der Waals surface area contributed by atoms with Gasteiger partial charge in [0.1, 0.15) is 5.78 Å². The van der Waals surface area contributed by atoms with Crippen LogP contribution in [0, 0.1) is 0 Å². The molecule has 1 aliphatic carbocycles. The highest BCUT2D eigenvalue weighted by atomic mass is 16.2. The monoisotopic (exact) mass is 168 g/mol. The molecule has 2 rings (SSSR count). The zero-order valence-electron chi connectivity index (χ0n) is 7.02. The molecule has 0 aromatic carbocycles. The van der Waals surface area contributed by atoms with E-state index in [0.29, 0.717) is 12.8 Å². The van der Waals surface area contributed by atoms with Crippen molar-refractivity contribution in [3.05, 3.63) is 0 Å². The second-order valence-corrected chi connectivity index (χ2v) is 3.65. The summed E-state index contributed by atoms with van der Waals surface area (Å²) in [6.07, 6.45) is 1.77. The number of carbonyl (C=O) groups is 2. The Morgan fingerprint density at radius 2 is 2.25 bits per heavy atom. The number of nitrogens with one attached hydrogen (secondary N) is 2. The molecule has 0 radical (unpaired) electrons. The van der Waals surface area contributed by atoms with Crippen molar-refractivity contribution in [1.29, 1.82) is 0 Å². The van der Waals surface area contributed by atoms with Crippen LogP contribution in [0.15, 0.2) is 0 Å². The lowest BCUT2D eigenvalue weighted by molar-refractivity contribution is -0.120. The molecule has 12 heavy (non-hydrogen) atoms. The minimum Gasteiger partial charge on any atom is -0.336 e. The molecule has 2 atom stereocenters. The van der Waals surface area contributed by atoms with Crippen molar-refractivity contribution in [2.24, 2.45) is 0 Å². The van der Waals surface area contributed by atoms with Gasteiger partial charge in [-0.2, -0.15) is 0 Å². The summed E-state index contributed by atoms with van der Waals surface area (Å²) in [5.74, 6) is 0.238. The molecule has 0 bridgehead atoms. The minimum atomic E-state index is -0.395. The highest BCUT2D eigenvalue weighted by Gasteiger charge is 2.46. The van der Waals surface area contributed by atoms with E-state index in [2.05, 4.69) is 10.6 Å². The van der Waals surface area contributed by atoms with E-state index in [1.807, 2.05) is 6.92 Å². The number of hydrogen-bond acceptors (Lipinski definition) is 3. The Morgan fingerprint density at radius 3 is 2.67 bits per heavy atom. The van der Waals surface area contributed by atoms with Crippen LogP contribution < -0.4 is 10.6 Å². The maximum absolute atomic E-state index is 11.2. The minimum absolute atomic E-state index is 0.00435. The predicted molar refractivity (Wildman–Crippen MR) is 42.3 cm³/mol. The smallest absolute Gasteiger partial charge is 0.238 e. The summed E-state index contributed by atoms with van der Waals surface area (Å²) in [4.78, 5) is 22.2. The Hall–Kier alpha value is -0.900. The van der Waals surface area contributed by atoms with E-state index in [1.165, 1.54) is 0 Å². The van der Waals surface area contributed by atoms with Crippen molar-refractivity contribution in [2.45, 2.75) is 37.9 Å². The van der Waals surface area contributed by atoms with Crippen molar-refractivity contribution < 1.29 is 9.59 Å². The maximum atomic E-state index is 11.2. The predicted octanol–water partition coefficient (Wildman–Crippen LogP) is -0.456. The molecule has 0 aromatic rings. The van der Waals surface area contributed by atoms with E-state index < -0.39 is 5.66 Å². The van der Waals surface area contributed by atoms with Crippen molar-refractivity contribution >= 4 is 11.7 Å². The summed E-state index contributed by atoms with van der Waals surface area (Å²) in [7, 11) is 0. The molecule has 0 aromatic heterocycles. The van der Waals surface area contributed by atoms with Crippen LogP contribution in [0.25, 0.3) is 0 Å².